The van der Waals surface area contributed by atoms with Gasteiger partial charge >= 0.3 is 0 Å². The van der Waals surface area contributed by atoms with Crippen molar-refractivity contribution >= 4 is 29.9 Å². The lowest BCUT2D eigenvalue weighted by Gasteiger charge is -2.28. The number of rotatable bonds is 6. The Balaban J connectivity index is 0.00000220. The van der Waals surface area contributed by atoms with E-state index in [1.807, 2.05) is 19.6 Å². The van der Waals surface area contributed by atoms with Crippen molar-refractivity contribution in [1.82, 2.24) is 20.2 Å². The molecule has 21 heavy (non-hydrogen) atoms. The summed E-state index contributed by atoms with van der Waals surface area (Å²) in [6.07, 6.45) is 12.3. The summed E-state index contributed by atoms with van der Waals surface area (Å²) in [4.78, 5) is 8.34. The van der Waals surface area contributed by atoms with Crippen LogP contribution in [0.25, 0.3) is 0 Å². The molecular weight excluding hydrogens is 377 g/mol. The van der Waals surface area contributed by atoms with E-state index in [1.54, 1.807) is 6.20 Å². The molecule has 0 atom stereocenters. The molecule has 0 bridgehead atoms. The largest absolute Gasteiger partial charge is 0.356 e. The van der Waals surface area contributed by atoms with Crippen molar-refractivity contribution < 1.29 is 0 Å². The minimum atomic E-state index is 0. The van der Waals surface area contributed by atoms with E-state index in [1.165, 1.54) is 32.1 Å². The van der Waals surface area contributed by atoms with Crippen LogP contribution in [-0.4, -0.2) is 35.6 Å². The third-order valence-corrected chi connectivity index (χ3v) is 4.49. The van der Waals surface area contributed by atoms with E-state index in [0.717, 1.165) is 25.6 Å². The summed E-state index contributed by atoms with van der Waals surface area (Å²) in [5, 5.41) is 6.86. The van der Waals surface area contributed by atoms with Crippen LogP contribution >= 0.6 is 24.0 Å². The van der Waals surface area contributed by atoms with Gasteiger partial charge in [-0.05, 0) is 24.7 Å². The zero-order valence-corrected chi connectivity index (χ0v) is 15.5. The highest BCUT2D eigenvalue weighted by atomic mass is 127. The molecule has 1 fully saturated rings. The topological polar surface area (TPSA) is 54.2 Å². The Kier molecular flexibility index (Phi) is 8.06. The second-order valence-electron chi connectivity index (χ2n) is 5.71. The number of aromatic nitrogens is 2. The fourth-order valence-corrected chi connectivity index (χ4v) is 2.99. The first-order chi connectivity index (χ1) is 9.78. The van der Waals surface area contributed by atoms with Crippen molar-refractivity contribution in [3.05, 3.63) is 18.7 Å². The molecule has 120 valence electrons. The quantitative estimate of drug-likeness (QED) is 0.435. The van der Waals surface area contributed by atoms with Crippen LogP contribution in [0, 0.1) is 5.41 Å². The molecule has 1 aromatic heterocycles. The van der Waals surface area contributed by atoms with Gasteiger partial charge in [-0.25, -0.2) is 4.98 Å². The first kappa shape index (κ1) is 18.3. The maximum absolute atomic E-state index is 4.30. The minimum Gasteiger partial charge on any atom is -0.356 e. The van der Waals surface area contributed by atoms with Gasteiger partial charge in [-0.15, -0.1) is 24.0 Å². The average Bonchev–Trinajstić information content (AvgIpc) is 3.14. The normalized spacial score (nSPS) is 17.3. The van der Waals surface area contributed by atoms with Gasteiger partial charge in [0.15, 0.2) is 5.96 Å². The Morgan fingerprint density at radius 2 is 2.10 bits per heavy atom. The molecule has 2 rings (SSSR count). The number of aliphatic imine (C=N–C) groups is 1. The Morgan fingerprint density at radius 1 is 1.33 bits per heavy atom. The number of guanidine groups is 1. The lowest BCUT2D eigenvalue weighted by atomic mass is 9.83. The zero-order chi connectivity index (χ0) is 14.3. The lowest BCUT2D eigenvalue weighted by Crippen LogP contribution is -2.43. The monoisotopic (exact) mass is 405 g/mol. The van der Waals surface area contributed by atoms with E-state index in [4.69, 9.17) is 0 Å². The third-order valence-electron chi connectivity index (χ3n) is 4.49. The van der Waals surface area contributed by atoms with E-state index in [0.29, 0.717) is 5.41 Å². The van der Waals surface area contributed by atoms with Gasteiger partial charge in [0.1, 0.15) is 0 Å². The van der Waals surface area contributed by atoms with Gasteiger partial charge < -0.3 is 15.2 Å². The molecule has 0 radical (unpaired) electrons. The van der Waals surface area contributed by atoms with Crippen LogP contribution < -0.4 is 10.6 Å². The van der Waals surface area contributed by atoms with Crippen molar-refractivity contribution in [3.63, 3.8) is 0 Å². The van der Waals surface area contributed by atoms with E-state index >= 15 is 0 Å². The Labute approximate surface area is 145 Å². The fourth-order valence-electron chi connectivity index (χ4n) is 2.99. The Morgan fingerprint density at radius 3 is 2.67 bits per heavy atom. The number of halogens is 1. The Bertz CT molecular complexity index is 410. The molecule has 6 heteroatoms. The highest BCUT2D eigenvalue weighted by Gasteiger charge is 2.31. The van der Waals surface area contributed by atoms with Crippen LogP contribution in [0.1, 0.15) is 39.0 Å². The highest BCUT2D eigenvalue weighted by molar-refractivity contribution is 14.0. The van der Waals surface area contributed by atoms with Crippen molar-refractivity contribution in [1.29, 1.82) is 0 Å². The van der Waals surface area contributed by atoms with Crippen LogP contribution in [0.5, 0.6) is 0 Å². The van der Waals surface area contributed by atoms with Crippen molar-refractivity contribution in [2.45, 2.75) is 45.6 Å². The molecule has 1 saturated carbocycles. The van der Waals surface area contributed by atoms with Crippen molar-refractivity contribution in [2.75, 3.05) is 20.1 Å². The smallest absolute Gasteiger partial charge is 0.191 e. The van der Waals surface area contributed by atoms with Gasteiger partial charge in [0.05, 0.1) is 6.33 Å². The summed E-state index contributed by atoms with van der Waals surface area (Å²) in [7, 11) is 1.83. The van der Waals surface area contributed by atoms with Crippen LogP contribution in [-0.2, 0) is 6.54 Å². The Hall–Kier alpha value is -0.790. The predicted octanol–water partition coefficient (Wildman–Crippen LogP) is 2.64. The SMILES string of the molecule is CCC1(CNC(=NC)NCCn2ccnc2)CCCC1.I. The fraction of sp³-hybridized carbons (Fsp3) is 0.733. The number of nitrogens with one attached hydrogen (secondary N) is 2. The molecule has 1 heterocycles. The molecule has 0 unspecified atom stereocenters. The standard InChI is InChI=1S/C15H27N5.HI/c1-3-15(6-4-5-7-15)12-19-14(16-2)18-9-11-20-10-8-17-13-20;/h8,10,13H,3-7,9,11-12H2,1-2H3,(H2,16,18,19);1H. The number of hydrogen-bond donors (Lipinski definition) is 2. The maximum Gasteiger partial charge on any atom is 0.191 e. The molecule has 5 nitrogen and oxygen atoms in total. The minimum absolute atomic E-state index is 0. The molecule has 0 amide bonds. The van der Waals surface area contributed by atoms with Crippen molar-refractivity contribution in [2.24, 2.45) is 10.4 Å². The van der Waals surface area contributed by atoms with Gasteiger partial charge in [0, 0.05) is 39.1 Å². The van der Waals surface area contributed by atoms with Crippen molar-refractivity contribution in [3.8, 4) is 0 Å². The summed E-state index contributed by atoms with van der Waals surface area (Å²) in [5.41, 5.74) is 0.488. The summed E-state index contributed by atoms with van der Waals surface area (Å²) in [5.74, 6) is 0.907. The number of nitrogens with zero attached hydrogens (tertiary/aromatic N) is 3. The lowest BCUT2D eigenvalue weighted by molar-refractivity contribution is 0.283. The van der Waals surface area contributed by atoms with E-state index in [-0.39, 0.29) is 24.0 Å². The zero-order valence-electron chi connectivity index (χ0n) is 13.1. The number of hydrogen-bond acceptors (Lipinski definition) is 2. The van der Waals surface area contributed by atoms with Crippen LogP contribution in [0.3, 0.4) is 0 Å². The summed E-state index contributed by atoms with van der Waals surface area (Å²) in [6.45, 7) is 5.10. The summed E-state index contributed by atoms with van der Waals surface area (Å²) < 4.78 is 2.06. The van der Waals surface area contributed by atoms with Gasteiger partial charge in [-0.1, -0.05) is 19.8 Å². The first-order valence-electron chi connectivity index (χ1n) is 7.68. The highest BCUT2D eigenvalue weighted by Crippen LogP contribution is 2.40. The number of imidazole rings is 1. The van der Waals surface area contributed by atoms with E-state index in [2.05, 4.69) is 32.1 Å². The van der Waals surface area contributed by atoms with Gasteiger partial charge in [-0.2, -0.15) is 0 Å². The molecule has 1 aliphatic carbocycles. The average molecular weight is 405 g/mol. The molecule has 0 spiro atoms. The summed E-state index contributed by atoms with van der Waals surface area (Å²) >= 11 is 0. The van der Waals surface area contributed by atoms with E-state index in [9.17, 15) is 0 Å². The maximum atomic E-state index is 4.30. The molecule has 0 saturated heterocycles. The van der Waals surface area contributed by atoms with Crippen LogP contribution in [0.15, 0.2) is 23.7 Å². The van der Waals surface area contributed by atoms with E-state index < -0.39 is 0 Å². The third kappa shape index (κ3) is 5.48. The van der Waals surface area contributed by atoms with Gasteiger partial charge in [0.2, 0.25) is 0 Å². The van der Waals surface area contributed by atoms with Crippen LogP contribution in [0.2, 0.25) is 0 Å². The second kappa shape index (κ2) is 9.27. The molecule has 1 aliphatic rings. The van der Waals surface area contributed by atoms with Gasteiger partial charge in [-0.3, -0.25) is 4.99 Å². The molecule has 0 aliphatic heterocycles. The van der Waals surface area contributed by atoms with Crippen LogP contribution in [0.4, 0.5) is 0 Å². The molecule has 1 aromatic rings. The first-order valence-corrected chi connectivity index (χ1v) is 7.68. The summed E-state index contributed by atoms with van der Waals surface area (Å²) in [6, 6.07) is 0. The molecule has 0 aromatic carbocycles. The predicted molar refractivity (Wildman–Crippen MR) is 98.2 cm³/mol. The van der Waals surface area contributed by atoms with Gasteiger partial charge in [0.25, 0.3) is 0 Å². The molecule has 2 N–H and O–H groups in total. The molecular formula is C15H28IN5. The second-order valence-corrected chi connectivity index (χ2v) is 5.71.